The normalized spacial score (nSPS) is 23.4. The molecule has 1 aliphatic heterocycles. The molecule has 0 amide bonds. The molecule has 1 rings (SSSR count). The van der Waals surface area contributed by atoms with Gasteiger partial charge in [0.15, 0.2) is 5.78 Å². The van der Waals surface area contributed by atoms with Crippen molar-refractivity contribution in [1.29, 1.82) is 0 Å². The molecule has 5 heteroatoms. The third kappa shape index (κ3) is 10.9. The SMILES string of the molecule is O=C1CSCCCSCCCCSCCCSC1. The van der Waals surface area contributed by atoms with Crippen molar-refractivity contribution in [2.75, 3.05) is 46.0 Å². The number of carbonyl (C=O) groups excluding carboxylic acids is 1. The maximum Gasteiger partial charge on any atom is 0.152 e. The van der Waals surface area contributed by atoms with E-state index in [0.29, 0.717) is 5.78 Å². The Morgan fingerprint density at radius 1 is 0.556 bits per heavy atom. The molecule has 1 heterocycles. The van der Waals surface area contributed by atoms with Crippen molar-refractivity contribution in [3.63, 3.8) is 0 Å². The summed E-state index contributed by atoms with van der Waals surface area (Å²) >= 11 is 7.81. The van der Waals surface area contributed by atoms with Gasteiger partial charge >= 0.3 is 0 Å². The molecule has 18 heavy (non-hydrogen) atoms. The van der Waals surface area contributed by atoms with E-state index in [0.717, 1.165) is 23.0 Å². The Morgan fingerprint density at radius 2 is 0.944 bits per heavy atom. The average Bonchev–Trinajstić information content (AvgIpc) is 2.37. The molecule has 0 aromatic rings. The zero-order valence-electron chi connectivity index (χ0n) is 11.0. The van der Waals surface area contributed by atoms with Gasteiger partial charge in [0, 0.05) is 0 Å². The van der Waals surface area contributed by atoms with Crippen LogP contribution in [-0.4, -0.2) is 51.8 Å². The number of rotatable bonds is 0. The predicted molar refractivity (Wildman–Crippen MR) is 92.8 cm³/mol. The summed E-state index contributed by atoms with van der Waals surface area (Å²) in [5.74, 6) is 9.36. The Labute approximate surface area is 129 Å². The quantitative estimate of drug-likeness (QED) is 0.666. The molecular formula is C13H24OS4. The average molecular weight is 325 g/mol. The van der Waals surface area contributed by atoms with Crippen LogP contribution in [0.15, 0.2) is 0 Å². The number of hydrogen-bond acceptors (Lipinski definition) is 5. The summed E-state index contributed by atoms with van der Waals surface area (Å²) in [7, 11) is 0. The van der Waals surface area contributed by atoms with Crippen LogP contribution in [0.2, 0.25) is 0 Å². The largest absolute Gasteiger partial charge is 0.298 e. The molecule has 0 bridgehead atoms. The van der Waals surface area contributed by atoms with Gasteiger partial charge in [0.2, 0.25) is 0 Å². The highest BCUT2D eigenvalue weighted by atomic mass is 32.2. The Bertz CT molecular complexity index is 191. The third-order valence-corrected chi connectivity index (χ3v) is 7.02. The van der Waals surface area contributed by atoms with E-state index in [4.69, 9.17) is 0 Å². The second-order valence-corrected chi connectivity index (χ2v) is 8.94. The molecule has 1 aliphatic rings. The first kappa shape index (κ1) is 17.1. The minimum Gasteiger partial charge on any atom is -0.298 e. The van der Waals surface area contributed by atoms with Crippen molar-refractivity contribution in [3.8, 4) is 0 Å². The van der Waals surface area contributed by atoms with Crippen LogP contribution in [0.1, 0.15) is 25.7 Å². The molecule has 0 spiro atoms. The number of ketones is 1. The number of Topliss-reactive ketones (excluding diaryl/α,β-unsaturated/α-hetero) is 1. The molecule has 106 valence electrons. The van der Waals surface area contributed by atoms with Gasteiger partial charge in [0.1, 0.15) is 0 Å². The van der Waals surface area contributed by atoms with Crippen molar-refractivity contribution in [3.05, 3.63) is 0 Å². The van der Waals surface area contributed by atoms with Gasteiger partial charge in [-0.3, -0.25) is 4.79 Å². The Morgan fingerprint density at radius 3 is 1.44 bits per heavy atom. The Hall–Kier alpha value is 1.07. The van der Waals surface area contributed by atoms with Crippen LogP contribution >= 0.6 is 47.0 Å². The van der Waals surface area contributed by atoms with Crippen LogP contribution in [0, 0.1) is 0 Å². The van der Waals surface area contributed by atoms with E-state index in [1.165, 1.54) is 48.7 Å². The fraction of sp³-hybridized carbons (Fsp3) is 0.923. The lowest BCUT2D eigenvalue weighted by Gasteiger charge is -2.02. The summed E-state index contributed by atoms with van der Waals surface area (Å²) in [6.07, 6.45) is 5.26. The lowest BCUT2D eigenvalue weighted by molar-refractivity contribution is -0.114. The lowest BCUT2D eigenvalue weighted by atomic mass is 10.4. The maximum absolute atomic E-state index is 11.6. The molecule has 0 saturated carbocycles. The molecule has 0 atom stereocenters. The van der Waals surface area contributed by atoms with Crippen LogP contribution in [0.5, 0.6) is 0 Å². The molecule has 0 aliphatic carbocycles. The van der Waals surface area contributed by atoms with E-state index in [2.05, 4.69) is 23.5 Å². The van der Waals surface area contributed by atoms with E-state index in [1.807, 2.05) is 23.5 Å². The van der Waals surface area contributed by atoms with Crippen molar-refractivity contribution >= 4 is 52.8 Å². The molecule has 1 nitrogen and oxygen atoms in total. The first-order valence-corrected chi connectivity index (χ1v) is 11.3. The maximum atomic E-state index is 11.6. The van der Waals surface area contributed by atoms with Crippen LogP contribution in [0.4, 0.5) is 0 Å². The van der Waals surface area contributed by atoms with Crippen LogP contribution in [-0.2, 0) is 4.79 Å². The van der Waals surface area contributed by atoms with Crippen LogP contribution in [0.25, 0.3) is 0 Å². The predicted octanol–water partition coefficient (Wildman–Crippen LogP) is 4.06. The fourth-order valence-corrected chi connectivity index (χ4v) is 5.61. The van der Waals surface area contributed by atoms with E-state index in [-0.39, 0.29) is 0 Å². The lowest BCUT2D eigenvalue weighted by Crippen LogP contribution is -2.06. The number of thioether (sulfide) groups is 4. The van der Waals surface area contributed by atoms with Crippen molar-refractivity contribution in [2.45, 2.75) is 25.7 Å². The molecule has 1 fully saturated rings. The van der Waals surface area contributed by atoms with E-state index in [9.17, 15) is 4.79 Å². The van der Waals surface area contributed by atoms with Crippen molar-refractivity contribution < 1.29 is 4.79 Å². The molecule has 0 radical (unpaired) electrons. The monoisotopic (exact) mass is 324 g/mol. The minimum atomic E-state index is 0.426. The second-order valence-electron chi connectivity index (χ2n) is 4.28. The highest BCUT2D eigenvalue weighted by Gasteiger charge is 2.03. The summed E-state index contributed by atoms with van der Waals surface area (Å²) in [4.78, 5) is 11.6. The summed E-state index contributed by atoms with van der Waals surface area (Å²) in [5.41, 5.74) is 0. The molecule has 0 N–H and O–H groups in total. The molecule has 0 unspecified atom stereocenters. The standard InChI is InChI=1S/C13H24OS4/c14-13-11-17-9-3-7-15-5-1-2-6-16-8-4-10-18-12-13/h1-12H2. The first-order valence-electron chi connectivity index (χ1n) is 6.72. The van der Waals surface area contributed by atoms with Gasteiger partial charge < -0.3 is 0 Å². The van der Waals surface area contributed by atoms with Gasteiger partial charge in [0.05, 0.1) is 11.5 Å². The van der Waals surface area contributed by atoms with E-state index < -0.39 is 0 Å². The first-order chi connectivity index (χ1) is 8.89. The fourth-order valence-electron chi connectivity index (χ4n) is 1.55. The molecule has 0 aromatic carbocycles. The Kier molecular flexibility index (Phi) is 12.4. The number of carbonyl (C=O) groups is 1. The highest BCUT2D eigenvalue weighted by molar-refractivity contribution is 8.01. The van der Waals surface area contributed by atoms with Gasteiger partial charge in [-0.1, -0.05) is 0 Å². The van der Waals surface area contributed by atoms with E-state index in [1.54, 1.807) is 0 Å². The molecular weight excluding hydrogens is 300 g/mol. The summed E-state index contributed by atoms with van der Waals surface area (Å²) in [6.45, 7) is 0. The molecule has 0 aromatic heterocycles. The van der Waals surface area contributed by atoms with Gasteiger partial charge in [-0.2, -0.15) is 47.0 Å². The second kappa shape index (κ2) is 13.1. The zero-order chi connectivity index (χ0) is 12.9. The van der Waals surface area contributed by atoms with Crippen molar-refractivity contribution in [2.24, 2.45) is 0 Å². The summed E-state index contributed by atoms with van der Waals surface area (Å²) in [5, 5.41) is 0. The highest BCUT2D eigenvalue weighted by Crippen LogP contribution is 2.15. The van der Waals surface area contributed by atoms with Crippen LogP contribution in [0.3, 0.4) is 0 Å². The van der Waals surface area contributed by atoms with Crippen LogP contribution < -0.4 is 0 Å². The molecule has 1 saturated heterocycles. The smallest absolute Gasteiger partial charge is 0.152 e. The zero-order valence-corrected chi connectivity index (χ0v) is 14.3. The van der Waals surface area contributed by atoms with Crippen molar-refractivity contribution in [1.82, 2.24) is 0 Å². The van der Waals surface area contributed by atoms with Gasteiger partial charge in [-0.15, -0.1) is 0 Å². The topological polar surface area (TPSA) is 17.1 Å². The van der Waals surface area contributed by atoms with Gasteiger partial charge in [-0.25, -0.2) is 0 Å². The minimum absolute atomic E-state index is 0.426. The summed E-state index contributed by atoms with van der Waals surface area (Å²) in [6, 6.07) is 0. The third-order valence-electron chi connectivity index (χ3n) is 2.51. The van der Waals surface area contributed by atoms with E-state index >= 15 is 0 Å². The number of hydrogen-bond donors (Lipinski definition) is 0. The van der Waals surface area contributed by atoms with Gasteiger partial charge in [-0.05, 0) is 60.2 Å². The van der Waals surface area contributed by atoms with Gasteiger partial charge in [0.25, 0.3) is 0 Å². The summed E-state index contributed by atoms with van der Waals surface area (Å²) < 4.78 is 0. The Balaban J connectivity index is 2.11.